The summed E-state index contributed by atoms with van der Waals surface area (Å²) in [5.74, 6) is -0.719. The Morgan fingerprint density at radius 1 is 1.11 bits per heavy atom. The third kappa shape index (κ3) is 6.67. The monoisotopic (exact) mass is 520 g/mol. The second-order valence-electron chi connectivity index (χ2n) is 8.60. The van der Waals surface area contributed by atoms with Crippen LogP contribution in [0.4, 0.5) is 4.79 Å². The van der Waals surface area contributed by atoms with Crippen molar-refractivity contribution in [1.82, 2.24) is 36.1 Å². The molecule has 2 heterocycles. The van der Waals surface area contributed by atoms with Crippen LogP contribution in [-0.4, -0.2) is 55.9 Å². The number of aromatic nitrogens is 4. The van der Waals surface area contributed by atoms with Crippen molar-refractivity contribution < 1.29 is 19.5 Å². The summed E-state index contributed by atoms with van der Waals surface area (Å²) in [6, 6.07) is 16.2. The number of carbonyl (C=O) groups is 3. The van der Waals surface area contributed by atoms with Crippen LogP contribution in [0.25, 0.3) is 10.9 Å². The summed E-state index contributed by atoms with van der Waals surface area (Å²) in [5, 5.41) is 27.3. The Balaban J connectivity index is 1.47. The molecule has 4 rings (SSSR count). The van der Waals surface area contributed by atoms with Gasteiger partial charge in [-0.1, -0.05) is 60.3 Å². The van der Waals surface area contributed by atoms with Gasteiger partial charge in [0.1, 0.15) is 18.0 Å². The van der Waals surface area contributed by atoms with Crippen molar-refractivity contribution in [2.24, 2.45) is 0 Å². The van der Waals surface area contributed by atoms with Crippen LogP contribution in [0.2, 0.25) is 0 Å². The number of aromatic amines is 2. The van der Waals surface area contributed by atoms with E-state index in [1.807, 2.05) is 54.6 Å². The summed E-state index contributed by atoms with van der Waals surface area (Å²) >= 11 is 1.20. The van der Waals surface area contributed by atoms with Gasteiger partial charge in [-0.15, -0.1) is 0 Å². The lowest BCUT2D eigenvalue weighted by Crippen LogP contribution is -2.61. The Labute approximate surface area is 216 Å². The maximum atomic E-state index is 13.4. The quantitative estimate of drug-likeness (QED) is 0.186. The zero-order valence-corrected chi connectivity index (χ0v) is 20.8. The molecule has 4 aromatic rings. The highest BCUT2D eigenvalue weighted by Gasteiger charge is 2.34. The zero-order chi connectivity index (χ0) is 26.3. The lowest BCUT2D eigenvalue weighted by atomic mass is 9.91. The first-order valence-electron chi connectivity index (χ1n) is 11.5. The molecular weight excluding hydrogens is 494 g/mol. The topological polar surface area (TPSA) is 168 Å². The van der Waals surface area contributed by atoms with Crippen LogP contribution in [0.3, 0.4) is 0 Å². The number of hydrogen-bond acceptors (Lipinski definition) is 7. The van der Waals surface area contributed by atoms with Crippen molar-refractivity contribution in [3.05, 3.63) is 78.2 Å². The first kappa shape index (κ1) is 25.8. The predicted molar refractivity (Wildman–Crippen MR) is 136 cm³/mol. The van der Waals surface area contributed by atoms with Gasteiger partial charge in [-0.25, -0.2) is 4.98 Å². The van der Waals surface area contributed by atoms with Gasteiger partial charge >= 0.3 is 0 Å². The summed E-state index contributed by atoms with van der Waals surface area (Å²) in [6.07, 6.45) is 1.64. The number of rotatable bonds is 11. The Hall–Kier alpha value is -4.32. The summed E-state index contributed by atoms with van der Waals surface area (Å²) < 4.78 is 0. The van der Waals surface area contributed by atoms with Gasteiger partial charge in [0.2, 0.25) is 11.8 Å². The van der Waals surface area contributed by atoms with Gasteiger partial charge in [-0.3, -0.25) is 14.7 Å². The molecule has 2 unspecified atom stereocenters. The van der Waals surface area contributed by atoms with E-state index in [1.54, 1.807) is 6.20 Å². The number of carbonyl (C=O) groups excluding carboxylic acids is 3. The fourth-order valence-electron chi connectivity index (χ4n) is 4.03. The van der Waals surface area contributed by atoms with E-state index >= 15 is 0 Å². The Bertz CT molecular complexity index is 1360. The SMILES string of the molecule is CC(Cc1c[nH]c2ccccc12)(NC(=O)[O-])C(=O)NCC(NC(=O)CSc1ncn[nH]1)c1ccccc1. The number of amides is 3. The molecule has 0 aliphatic heterocycles. The molecule has 2 aromatic carbocycles. The van der Waals surface area contributed by atoms with E-state index in [4.69, 9.17) is 0 Å². The van der Waals surface area contributed by atoms with Crippen molar-refractivity contribution in [3.63, 3.8) is 0 Å². The summed E-state index contributed by atoms with van der Waals surface area (Å²) in [5.41, 5.74) is 0.923. The van der Waals surface area contributed by atoms with Crippen LogP contribution < -0.4 is 21.1 Å². The number of hydrogen-bond donors (Lipinski definition) is 5. The van der Waals surface area contributed by atoms with Crippen molar-refractivity contribution >= 4 is 40.6 Å². The number of nitrogens with zero attached hydrogens (tertiary/aromatic N) is 2. The number of benzene rings is 2. The first-order valence-corrected chi connectivity index (χ1v) is 12.5. The number of fused-ring (bicyclic) bond motifs is 1. The van der Waals surface area contributed by atoms with E-state index in [9.17, 15) is 19.5 Å². The zero-order valence-electron chi connectivity index (χ0n) is 20.0. The highest BCUT2D eigenvalue weighted by atomic mass is 32.2. The molecule has 0 radical (unpaired) electrons. The second kappa shape index (κ2) is 11.6. The molecule has 0 aliphatic rings. The van der Waals surface area contributed by atoms with Crippen molar-refractivity contribution in [1.29, 1.82) is 0 Å². The maximum Gasteiger partial charge on any atom is 0.245 e. The van der Waals surface area contributed by atoms with Crippen LogP contribution in [0.5, 0.6) is 0 Å². The highest BCUT2D eigenvalue weighted by molar-refractivity contribution is 7.99. The van der Waals surface area contributed by atoms with Gasteiger partial charge in [-0.05, 0) is 24.1 Å². The molecule has 0 aliphatic carbocycles. The lowest BCUT2D eigenvalue weighted by Gasteiger charge is -2.32. The summed E-state index contributed by atoms with van der Waals surface area (Å²) in [7, 11) is 0. The third-order valence-corrected chi connectivity index (χ3v) is 6.71. The average molecular weight is 521 g/mol. The lowest BCUT2D eigenvalue weighted by molar-refractivity contribution is -0.252. The molecule has 2 aromatic heterocycles. The number of thioether (sulfide) groups is 1. The van der Waals surface area contributed by atoms with Gasteiger partial charge in [0.15, 0.2) is 5.16 Å². The highest BCUT2D eigenvalue weighted by Crippen LogP contribution is 2.23. The molecule has 3 amide bonds. The fourth-order valence-corrected chi connectivity index (χ4v) is 4.62. The third-order valence-electron chi connectivity index (χ3n) is 5.83. The van der Waals surface area contributed by atoms with Gasteiger partial charge in [0, 0.05) is 30.1 Å². The number of H-pyrrole nitrogens is 2. The van der Waals surface area contributed by atoms with Crippen molar-refractivity contribution in [3.8, 4) is 0 Å². The number of para-hydroxylation sites is 1. The molecule has 5 N–H and O–H groups in total. The van der Waals surface area contributed by atoms with E-state index in [0.717, 1.165) is 22.0 Å². The standard InChI is InChI=1S/C25H27N7O4S/c1-25(31-24(35)36,11-17-12-26-19-10-6-5-9-18(17)19)22(34)27-13-20(16-7-3-2-4-8-16)30-21(33)14-37-23-28-15-29-32-23/h2-10,12,15,20,26,31H,11,13-14H2,1H3,(H,27,34)(H,30,33)(H,35,36)(H,28,29,32)/p-1. The minimum Gasteiger partial charge on any atom is -0.530 e. The van der Waals surface area contributed by atoms with E-state index < -0.39 is 23.6 Å². The molecule has 192 valence electrons. The molecule has 0 saturated heterocycles. The second-order valence-corrected chi connectivity index (χ2v) is 9.56. The molecule has 11 nitrogen and oxygen atoms in total. The first-order chi connectivity index (χ1) is 17.8. The van der Waals surface area contributed by atoms with E-state index in [2.05, 4.69) is 36.1 Å². The average Bonchev–Trinajstić information content (AvgIpc) is 3.55. The van der Waals surface area contributed by atoms with E-state index in [0.29, 0.717) is 5.16 Å². The molecular formula is C25H26N7O4S-. The predicted octanol–water partition coefficient (Wildman–Crippen LogP) is 1.29. The molecule has 37 heavy (non-hydrogen) atoms. The smallest absolute Gasteiger partial charge is 0.245 e. The number of carboxylic acid groups (broad SMARTS) is 1. The van der Waals surface area contributed by atoms with E-state index in [1.165, 1.54) is 25.0 Å². The normalized spacial score (nSPS) is 13.4. The van der Waals surface area contributed by atoms with Gasteiger partial charge < -0.3 is 30.8 Å². The Morgan fingerprint density at radius 3 is 2.59 bits per heavy atom. The molecule has 2 atom stereocenters. The Morgan fingerprint density at radius 2 is 1.86 bits per heavy atom. The number of nitrogens with one attached hydrogen (secondary N) is 5. The van der Waals surface area contributed by atoms with Crippen LogP contribution in [0.15, 0.2) is 72.3 Å². The van der Waals surface area contributed by atoms with Gasteiger partial charge in [0.05, 0.1) is 11.8 Å². The molecule has 0 saturated carbocycles. The largest absolute Gasteiger partial charge is 0.530 e. The maximum absolute atomic E-state index is 13.4. The van der Waals surface area contributed by atoms with Crippen molar-refractivity contribution in [2.75, 3.05) is 12.3 Å². The van der Waals surface area contributed by atoms with Gasteiger partial charge in [0.25, 0.3) is 0 Å². The molecule has 12 heteroatoms. The minimum atomic E-state index is -1.56. The summed E-state index contributed by atoms with van der Waals surface area (Å²) in [6.45, 7) is 1.55. The van der Waals surface area contributed by atoms with Crippen LogP contribution in [-0.2, 0) is 16.0 Å². The molecule has 0 fully saturated rings. The molecule has 0 spiro atoms. The fraction of sp³-hybridized carbons (Fsp3) is 0.240. The van der Waals surface area contributed by atoms with E-state index in [-0.39, 0.29) is 24.6 Å². The minimum absolute atomic E-state index is 0.0414. The van der Waals surface area contributed by atoms with Crippen LogP contribution in [0.1, 0.15) is 24.1 Å². The molecule has 0 bridgehead atoms. The Kier molecular flexibility index (Phi) is 8.08. The van der Waals surface area contributed by atoms with Crippen LogP contribution >= 0.6 is 11.8 Å². The summed E-state index contributed by atoms with van der Waals surface area (Å²) in [4.78, 5) is 44.6. The van der Waals surface area contributed by atoms with Crippen LogP contribution in [0, 0.1) is 0 Å². The van der Waals surface area contributed by atoms with Crippen molar-refractivity contribution in [2.45, 2.75) is 30.1 Å². The van der Waals surface area contributed by atoms with Gasteiger partial charge in [-0.2, -0.15) is 5.10 Å².